The molecule has 0 unspecified atom stereocenters. The maximum atomic E-state index is 5.07. The fourth-order valence-corrected chi connectivity index (χ4v) is 1.06. The first-order chi connectivity index (χ1) is 7.50. The second-order valence-corrected chi connectivity index (χ2v) is 4.14. The van der Waals surface area contributed by atoms with Crippen molar-refractivity contribution in [3.8, 4) is 11.8 Å². The summed E-state index contributed by atoms with van der Waals surface area (Å²) in [5, 5.41) is 3.24. The number of aromatic nitrogens is 2. The number of hydrogen-bond donors (Lipinski definition) is 1. The van der Waals surface area contributed by atoms with Gasteiger partial charge in [0.05, 0.1) is 20.3 Å². The summed E-state index contributed by atoms with van der Waals surface area (Å²) in [5.41, 5.74) is -0.0582. The van der Waals surface area contributed by atoms with E-state index in [1.165, 1.54) is 0 Å². The van der Waals surface area contributed by atoms with Gasteiger partial charge in [-0.2, -0.15) is 9.97 Å². The van der Waals surface area contributed by atoms with Gasteiger partial charge in [0.1, 0.15) is 0 Å². The molecule has 16 heavy (non-hydrogen) atoms. The van der Waals surface area contributed by atoms with Crippen molar-refractivity contribution in [2.24, 2.45) is 0 Å². The van der Waals surface area contributed by atoms with Crippen LogP contribution in [0.1, 0.15) is 27.2 Å². The van der Waals surface area contributed by atoms with Crippen molar-refractivity contribution in [3.63, 3.8) is 0 Å². The number of hydrogen-bond acceptors (Lipinski definition) is 5. The van der Waals surface area contributed by atoms with Crippen molar-refractivity contribution in [1.82, 2.24) is 9.97 Å². The van der Waals surface area contributed by atoms with E-state index in [9.17, 15) is 0 Å². The minimum absolute atomic E-state index is 0.0582. The van der Waals surface area contributed by atoms with Crippen LogP contribution in [-0.4, -0.2) is 29.7 Å². The average molecular weight is 225 g/mol. The Hall–Kier alpha value is -1.52. The summed E-state index contributed by atoms with van der Waals surface area (Å²) in [4.78, 5) is 8.42. The Morgan fingerprint density at radius 2 is 1.69 bits per heavy atom. The van der Waals surface area contributed by atoms with Gasteiger partial charge in [-0.1, -0.05) is 6.92 Å². The third-order valence-electron chi connectivity index (χ3n) is 2.43. The molecule has 0 spiro atoms. The number of ether oxygens (including phenoxy) is 2. The zero-order valence-corrected chi connectivity index (χ0v) is 10.5. The normalized spacial score (nSPS) is 11.1. The van der Waals surface area contributed by atoms with E-state index >= 15 is 0 Å². The van der Waals surface area contributed by atoms with E-state index in [1.807, 2.05) is 0 Å². The molecule has 0 radical (unpaired) electrons. The van der Waals surface area contributed by atoms with E-state index in [-0.39, 0.29) is 5.54 Å². The van der Waals surface area contributed by atoms with Crippen molar-refractivity contribution in [3.05, 3.63) is 6.07 Å². The number of rotatable bonds is 5. The van der Waals surface area contributed by atoms with E-state index in [2.05, 4.69) is 36.1 Å². The van der Waals surface area contributed by atoms with Gasteiger partial charge in [-0.15, -0.1) is 0 Å². The SMILES string of the molecule is CCC(C)(C)Nc1nc(OC)cc(OC)n1. The summed E-state index contributed by atoms with van der Waals surface area (Å²) in [6.45, 7) is 6.27. The molecule has 5 nitrogen and oxygen atoms in total. The Morgan fingerprint density at radius 3 is 2.06 bits per heavy atom. The highest BCUT2D eigenvalue weighted by Crippen LogP contribution is 2.20. The van der Waals surface area contributed by atoms with Gasteiger partial charge in [-0.3, -0.25) is 0 Å². The summed E-state index contributed by atoms with van der Waals surface area (Å²) in [7, 11) is 3.13. The number of anilines is 1. The highest BCUT2D eigenvalue weighted by Gasteiger charge is 2.17. The van der Waals surface area contributed by atoms with Crippen molar-refractivity contribution < 1.29 is 9.47 Å². The predicted molar refractivity (Wildman–Crippen MR) is 63.1 cm³/mol. The fraction of sp³-hybridized carbons (Fsp3) is 0.636. The fourth-order valence-electron chi connectivity index (χ4n) is 1.06. The van der Waals surface area contributed by atoms with Gasteiger partial charge < -0.3 is 14.8 Å². The lowest BCUT2D eigenvalue weighted by molar-refractivity contribution is 0.371. The molecular weight excluding hydrogens is 206 g/mol. The Kier molecular flexibility index (Phi) is 3.93. The van der Waals surface area contributed by atoms with Crippen LogP contribution in [0.2, 0.25) is 0 Å². The maximum Gasteiger partial charge on any atom is 0.229 e. The van der Waals surface area contributed by atoms with Gasteiger partial charge in [-0.25, -0.2) is 0 Å². The first-order valence-corrected chi connectivity index (χ1v) is 5.26. The van der Waals surface area contributed by atoms with Crippen molar-refractivity contribution in [2.75, 3.05) is 19.5 Å². The molecule has 5 heteroatoms. The van der Waals surface area contributed by atoms with Gasteiger partial charge in [0.2, 0.25) is 17.7 Å². The van der Waals surface area contributed by atoms with Crippen LogP contribution < -0.4 is 14.8 Å². The van der Waals surface area contributed by atoms with E-state index in [4.69, 9.17) is 9.47 Å². The van der Waals surface area contributed by atoms with Crippen molar-refractivity contribution in [2.45, 2.75) is 32.7 Å². The van der Waals surface area contributed by atoms with Crippen LogP contribution in [0, 0.1) is 0 Å². The molecule has 1 heterocycles. The van der Waals surface area contributed by atoms with Crippen LogP contribution in [0.25, 0.3) is 0 Å². The van der Waals surface area contributed by atoms with Gasteiger partial charge in [0, 0.05) is 5.54 Å². The second kappa shape index (κ2) is 5.01. The second-order valence-electron chi connectivity index (χ2n) is 4.14. The summed E-state index contributed by atoms with van der Waals surface area (Å²) < 4.78 is 10.1. The summed E-state index contributed by atoms with van der Waals surface area (Å²) in [6.07, 6.45) is 0.968. The average Bonchev–Trinajstić information content (AvgIpc) is 2.28. The summed E-state index contributed by atoms with van der Waals surface area (Å²) >= 11 is 0. The first kappa shape index (κ1) is 12.5. The van der Waals surface area contributed by atoms with Gasteiger partial charge in [0.25, 0.3) is 0 Å². The molecule has 0 aliphatic rings. The third-order valence-corrected chi connectivity index (χ3v) is 2.43. The van der Waals surface area contributed by atoms with E-state index in [1.54, 1.807) is 20.3 Å². The topological polar surface area (TPSA) is 56.3 Å². The monoisotopic (exact) mass is 225 g/mol. The lowest BCUT2D eigenvalue weighted by Crippen LogP contribution is -2.30. The Morgan fingerprint density at radius 1 is 1.19 bits per heavy atom. The van der Waals surface area contributed by atoms with Gasteiger partial charge in [0.15, 0.2) is 0 Å². The zero-order valence-electron chi connectivity index (χ0n) is 10.5. The minimum Gasteiger partial charge on any atom is -0.481 e. The van der Waals surface area contributed by atoms with Crippen molar-refractivity contribution in [1.29, 1.82) is 0 Å². The molecule has 1 aromatic heterocycles. The molecule has 0 atom stereocenters. The van der Waals surface area contributed by atoms with Gasteiger partial charge >= 0.3 is 0 Å². The Labute approximate surface area is 96.2 Å². The van der Waals surface area contributed by atoms with E-state index in [0.717, 1.165) is 6.42 Å². The molecule has 0 saturated heterocycles. The highest BCUT2D eigenvalue weighted by molar-refractivity contribution is 5.35. The molecule has 1 aromatic rings. The molecule has 1 rings (SSSR count). The molecule has 0 aliphatic carbocycles. The first-order valence-electron chi connectivity index (χ1n) is 5.26. The van der Waals surface area contributed by atoms with E-state index < -0.39 is 0 Å². The quantitative estimate of drug-likeness (QED) is 0.831. The lowest BCUT2D eigenvalue weighted by atomic mass is 10.0. The predicted octanol–water partition coefficient (Wildman–Crippen LogP) is 2.09. The summed E-state index contributed by atoms with van der Waals surface area (Å²) in [6, 6.07) is 1.64. The maximum absolute atomic E-state index is 5.07. The molecule has 0 amide bonds. The smallest absolute Gasteiger partial charge is 0.229 e. The molecule has 0 aromatic carbocycles. The van der Waals surface area contributed by atoms with Crippen LogP contribution in [0.3, 0.4) is 0 Å². The molecule has 0 aliphatic heterocycles. The standard InChI is InChI=1S/C11H19N3O2/c1-6-11(2,3)14-10-12-8(15-4)7-9(13-10)16-5/h7H,6H2,1-5H3,(H,12,13,14). The van der Waals surface area contributed by atoms with Gasteiger partial charge in [-0.05, 0) is 20.3 Å². The molecule has 0 bridgehead atoms. The van der Waals surface area contributed by atoms with Crippen LogP contribution in [0.4, 0.5) is 5.95 Å². The van der Waals surface area contributed by atoms with Crippen LogP contribution in [0.5, 0.6) is 11.8 Å². The van der Waals surface area contributed by atoms with Crippen LogP contribution in [0.15, 0.2) is 6.07 Å². The Balaban J connectivity index is 2.95. The van der Waals surface area contributed by atoms with E-state index in [0.29, 0.717) is 17.7 Å². The third kappa shape index (κ3) is 3.25. The number of nitrogens with one attached hydrogen (secondary N) is 1. The Bertz CT molecular complexity index is 331. The zero-order chi connectivity index (χ0) is 12.2. The van der Waals surface area contributed by atoms with Crippen LogP contribution >= 0.6 is 0 Å². The molecule has 0 saturated carbocycles. The number of methoxy groups -OCH3 is 2. The van der Waals surface area contributed by atoms with Crippen LogP contribution in [-0.2, 0) is 0 Å². The van der Waals surface area contributed by atoms with Crippen molar-refractivity contribution >= 4 is 5.95 Å². The molecular formula is C11H19N3O2. The molecule has 0 fully saturated rings. The summed E-state index contributed by atoms with van der Waals surface area (Å²) in [5.74, 6) is 1.49. The largest absolute Gasteiger partial charge is 0.481 e. The number of nitrogens with zero attached hydrogens (tertiary/aromatic N) is 2. The molecule has 90 valence electrons. The minimum atomic E-state index is -0.0582. The molecule has 1 N–H and O–H groups in total. The lowest BCUT2D eigenvalue weighted by Gasteiger charge is -2.24. The highest BCUT2D eigenvalue weighted by atomic mass is 16.5.